The van der Waals surface area contributed by atoms with Crippen LogP contribution in [0.4, 0.5) is 11.4 Å². The molecule has 42 heavy (non-hydrogen) atoms. The van der Waals surface area contributed by atoms with Gasteiger partial charge in [0.15, 0.2) is 5.04 Å². The second-order valence-corrected chi connectivity index (χ2v) is 12.7. The van der Waals surface area contributed by atoms with E-state index in [4.69, 9.17) is 10.2 Å². The minimum absolute atomic E-state index is 0.132. The second-order valence-electron chi connectivity index (χ2n) is 9.75. The summed E-state index contributed by atoms with van der Waals surface area (Å²) in [5, 5.41) is 14.8. The smallest absolute Gasteiger partial charge is 0.234 e. The molecule has 204 valence electrons. The van der Waals surface area contributed by atoms with Crippen molar-refractivity contribution in [3.63, 3.8) is 0 Å². The molecule has 0 N–H and O–H groups in total. The number of Topliss-reactive ketones (excluding diaryl/α,β-unsaturated/α-hetero) is 1. The number of thioether (sulfide) groups is 1. The van der Waals surface area contributed by atoms with E-state index in [0.29, 0.717) is 10.6 Å². The Kier molecular flexibility index (Phi) is 7.06. The first-order valence-corrected chi connectivity index (χ1v) is 15.7. The first-order valence-electron chi connectivity index (χ1n) is 13.3. The average Bonchev–Trinajstić information content (AvgIpc) is 3.43. The number of ketones is 1. The van der Waals surface area contributed by atoms with Crippen LogP contribution in [0, 0.1) is 0 Å². The predicted molar refractivity (Wildman–Crippen MR) is 179 cm³/mol. The number of para-hydroxylation sites is 1. The highest BCUT2D eigenvalue weighted by atomic mass is 79.9. The molecule has 0 aliphatic carbocycles. The summed E-state index contributed by atoms with van der Waals surface area (Å²) >= 11 is 8.55. The van der Waals surface area contributed by atoms with Crippen molar-refractivity contribution in [2.45, 2.75) is 4.99 Å². The van der Waals surface area contributed by atoms with Crippen LogP contribution < -0.4 is 10.0 Å². The highest BCUT2D eigenvalue weighted by Gasteiger charge is 2.56. The van der Waals surface area contributed by atoms with Crippen LogP contribution in [0.3, 0.4) is 0 Å². The maximum absolute atomic E-state index is 13.9. The van der Waals surface area contributed by atoms with Crippen LogP contribution in [0.2, 0.25) is 0 Å². The maximum atomic E-state index is 13.9. The van der Waals surface area contributed by atoms with Gasteiger partial charge in [0.1, 0.15) is 0 Å². The Balaban J connectivity index is 1.49. The van der Waals surface area contributed by atoms with Crippen molar-refractivity contribution in [3.05, 3.63) is 165 Å². The van der Waals surface area contributed by atoms with Gasteiger partial charge < -0.3 is 0 Å². The summed E-state index contributed by atoms with van der Waals surface area (Å²) in [5.41, 5.74) is 6.08. The number of carbonyl (C=O) groups is 1. The fourth-order valence-electron chi connectivity index (χ4n) is 5.21. The molecule has 5 nitrogen and oxygen atoms in total. The topological polar surface area (TPSA) is 48.3 Å². The second kappa shape index (κ2) is 11.0. The highest BCUT2D eigenvalue weighted by molar-refractivity contribution is 9.10. The third kappa shape index (κ3) is 4.60. The van der Waals surface area contributed by atoms with Gasteiger partial charge in [-0.1, -0.05) is 117 Å². The number of hydrogen-bond acceptors (Lipinski definition) is 6. The van der Waals surface area contributed by atoms with Crippen LogP contribution in [0.25, 0.3) is 0 Å². The fraction of sp³-hybridized carbons (Fsp3) is 0.0294. The van der Waals surface area contributed by atoms with Crippen LogP contribution in [-0.4, -0.2) is 16.5 Å². The number of hydrazone groups is 2. The standard InChI is InChI=1S/C34H22Br2N4OS/c35-25-17-15-23(16-18-25)31-29-13-7-8-14-30(29)34(39(37-31)27-11-5-2-6-12-27)40(28-21-19-26(36)20-22-28)38-33(42-34)32(41)24-9-3-1-4-10-24/h1-22H/t34-/m1/s1. The molecule has 2 aliphatic heterocycles. The van der Waals surface area contributed by atoms with Crippen molar-refractivity contribution >= 4 is 71.5 Å². The van der Waals surface area contributed by atoms with E-state index in [2.05, 4.69) is 56.1 Å². The number of rotatable bonds is 5. The fourth-order valence-corrected chi connectivity index (χ4v) is 7.10. The maximum Gasteiger partial charge on any atom is 0.234 e. The van der Waals surface area contributed by atoms with Gasteiger partial charge in [-0.05, 0) is 60.3 Å². The van der Waals surface area contributed by atoms with E-state index in [1.54, 1.807) is 0 Å². The summed E-state index contributed by atoms with van der Waals surface area (Å²) in [6.07, 6.45) is 0. The van der Waals surface area contributed by atoms with Gasteiger partial charge in [-0.15, -0.1) is 0 Å². The van der Waals surface area contributed by atoms with Crippen LogP contribution in [0.1, 0.15) is 27.0 Å². The Bertz CT molecular complexity index is 1850. The molecule has 0 saturated carbocycles. The van der Waals surface area contributed by atoms with Crippen molar-refractivity contribution in [2.24, 2.45) is 10.2 Å². The minimum Gasteiger partial charge on any atom is -0.286 e. The first kappa shape index (κ1) is 26.9. The van der Waals surface area contributed by atoms with E-state index >= 15 is 0 Å². The van der Waals surface area contributed by atoms with Crippen LogP contribution in [0.15, 0.2) is 153 Å². The van der Waals surface area contributed by atoms with Crippen molar-refractivity contribution < 1.29 is 4.79 Å². The molecule has 2 aliphatic rings. The molecule has 0 radical (unpaired) electrons. The van der Waals surface area contributed by atoms with Gasteiger partial charge in [-0.3, -0.25) is 4.79 Å². The minimum atomic E-state index is -1.02. The van der Waals surface area contributed by atoms with Gasteiger partial charge in [-0.2, -0.15) is 10.2 Å². The molecule has 0 amide bonds. The molecule has 1 atom stereocenters. The van der Waals surface area contributed by atoms with Crippen LogP contribution >= 0.6 is 43.6 Å². The van der Waals surface area contributed by atoms with Gasteiger partial charge in [-0.25, -0.2) is 10.0 Å². The summed E-state index contributed by atoms with van der Waals surface area (Å²) < 4.78 is 1.95. The van der Waals surface area contributed by atoms with E-state index in [9.17, 15) is 4.79 Å². The number of benzene rings is 5. The molecule has 1 spiro atoms. The van der Waals surface area contributed by atoms with Gasteiger partial charge in [0, 0.05) is 31.2 Å². The molecule has 0 fully saturated rings. The molecular weight excluding hydrogens is 672 g/mol. The molecule has 0 aromatic heterocycles. The lowest BCUT2D eigenvalue weighted by Crippen LogP contribution is -2.54. The molecule has 0 unspecified atom stereocenters. The van der Waals surface area contributed by atoms with E-state index < -0.39 is 4.99 Å². The largest absolute Gasteiger partial charge is 0.286 e. The van der Waals surface area contributed by atoms with Crippen LogP contribution in [-0.2, 0) is 4.99 Å². The molecule has 5 aromatic rings. The number of nitrogens with zero attached hydrogens (tertiary/aromatic N) is 4. The zero-order valence-electron chi connectivity index (χ0n) is 22.1. The summed E-state index contributed by atoms with van der Waals surface area (Å²) in [6, 6.07) is 43.8. The van der Waals surface area contributed by atoms with Crippen molar-refractivity contribution in [1.82, 2.24) is 0 Å². The molecule has 0 bridgehead atoms. The van der Waals surface area contributed by atoms with Crippen molar-refractivity contribution in [1.29, 1.82) is 0 Å². The third-order valence-electron chi connectivity index (χ3n) is 7.16. The normalized spacial score (nSPS) is 17.6. The Labute approximate surface area is 264 Å². The molecule has 5 aromatic carbocycles. The molecule has 8 heteroatoms. The zero-order valence-corrected chi connectivity index (χ0v) is 26.1. The number of halogens is 2. The molecule has 7 rings (SSSR count). The number of hydrogen-bond donors (Lipinski definition) is 0. The summed E-state index contributed by atoms with van der Waals surface area (Å²) in [6.45, 7) is 0. The highest BCUT2D eigenvalue weighted by Crippen LogP contribution is 2.55. The third-order valence-corrected chi connectivity index (χ3v) is 9.53. The summed E-state index contributed by atoms with van der Waals surface area (Å²) in [4.78, 5) is 12.9. The van der Waals surface area contributed by atoms with Gasteiger partial charge in [0.05, 0.1) is 17.1 Å². The number of fused-ring (bicyclic) bond motifs is 2. The van der Waals surface area contributed by atoms with Gasteiger partial charge in [0.25, 0.3) is 0 Å². The van der Waals surface area contributed by atoms with Crippen molar-refractivity contribution in [3.8, 4) is 0 Å². The van der Waals surface area contributed by atoms with Crippen LogP contribution in [0.5, 0.6) is 0 Å². The number of anilines is 2. The Morgan fingerprint density at radius 2 is 1.17 bits per heavy atom. The predicted octanol–water partition coefficient (Wildman–Crippen LogP) is 9.04. The lowest BCUT2D eigenvalue weighted by molar-refractivity contribution is 0.106. The zero-order chi connectivity index (χ0) is 28.7. The molecular formula is C34H22Br2N4OS. The Hall–Kier alpha value is -3.98. The van der Waals surface area contributed by atoms with E-state index in [1.165, 1.54) is 11.8 Å². The molecule has 2 heterocycles. The SMILES string of the molecule is O=C(C1=NN(c2ccc(Br)cc2)[C@@]2(S1)c1ccccc1C(c1ccc(Br)cc1)=NN2c1ccccc1)c1ccccc1. The van der Waals surface area contributed by atoms with Gasteiger partial charge >= 0.3 is 0 Å². The number of carbonyl (C=O) groups excluding carboxylic acids is 1. The van der Waals surface area contributed by atoms with E-state index in [-0.39, 0.29) is 5.78 Å². The Morgan fingerprint density at radius 3 is 1.86 bits per heavy atom. The summed E-state index contributed by atoms with van der Waals surface area (Å²) in [5.74, 6) is -0.132. The summed E-state index contributed by atoms with van der Waals surface area (Å²) in [7, 11) is 0. The Morgan fingerprint density at radius 1 is 0.619 bits per heavy atom. The molecule has 0 saturated heterocycles. The lowest BCUT2D eigenvalue weighted by Gasteiger charge is -2.47. The van der Waals surface area contributed by atoms with E-state index in [0.717, 1.165) is 42.7 Å². The quantitative estimate of drug-likeness (QED) is 0.172. The van der Waals surface area contributed by atoms with Crippen molar-refractivity contribution in [2.75, 3.05) is 10.0 Å². The monoisotopic (exact) mass is 692 g/mol. The van der Waals surface area contributed by atoms with E-state index in [1.807, 2.05) is 119 Å². The average molecular weight is 694 g/mol. The first-order chi connectivity index (χ1) is 20.5. The lowest BCUT2D eigenvalue weighted by atomic mass is 9.93. The van der Waals surface area contributed by atoms with Gasteiger partial charge in [0.2, 0.25) is 10.8 Å².